The number of nitrogens with one attached hydrogen (secondary N) is 1. The van der Waals surface area contributed by atoms with E-state index in [2.05, 4.69) is 5.32 Å². The van der Waals surface area contributed by atoms with Crippen LogP contribution >= 0.6 is 0 Å². The Hall–Kier alpha value is -1.84. The molecular weight excluding hydrogens is 240 g/mol. The normalized spacial score (nSPS) is 19.8. The zero-order valence-electron chi connectivity index (χ0n) is 11.6. The topological polar surface area (TPSA) is 49.4 Å². The minimum Gasteiger partial charge on any atom is -0.352 e. The number of carbonyl (C=O) groups excluding carboxylic acids is 2. The van der Waals surface area contributed by atoms with Crippen LogP contribution in [0.5, 0.6) is 0 Å². The molecule has 1 heterocycles. The maximum atomic E-state index is 12.4. The molecule has 4 heteroatoms. The second-order valence-electron chi connectivity index (χ2n) is 5.10. The largest absolute Gasteiger partial charge is 0.352 e. The molecule has 0 aliphatic carbocycles. The van der Waals surface area contributed by atoms with E-state index in [1.807, 2.05) is 38.1 Å². The van der Waals surface area contributed by atoms with E-state index >= 15 is 0 Å². The Balaban J connectivity index is 2.32. The Morgan fingerprint density at radius 1 is 1.47 bits per heavy atom. The van der Waals surface area contributed by atoms with Crippen molar-refractivity contribution in [1.82, 2.24) is 10.2 Å². The molecule has 2 rings (SSSR count). The minimum absolute atomic E-state index is 0.0111. The van der Waals surface area contributed by atoms with E-state index in [-0.39, 0.29) is 17.9 Å². The summed E-state index contributed by atoms with van der Waals surface area (Å²) in [5, 5.41) is 2.96. The molecule has 102 valence electrons. The van der Waals surface area contributed by atoms with E-state index in [0.29, 0.717) is 6.42 Å². The first kappa shape index (κ1) is 13.6. The van der Waals surface area contributed by atoms with E-state index in [1.54, 1.807) is 11.9 Å². The van der Waals surface area contributed by atoms with Crippen LogP contribution in [0.25, 0.3) is 0 Å². The molecule has 1 aliphatic heterocycles. The fourth-order valence-electron chi connectivity index (χ4n) is 2.34. The highest BCUT2D eigenvalue weighted by Crippen LogP contribution is 2.29. The van der Waals surface area contributed by atoms with Crippen molar-refractivity contribution in [3.05, 3.63) is 35.4 Å². The maximum Gasteiger partial charge on any atom is 0.247 e. The summed E-state index contributed by atoms with van der Waals surface area (Å²) in [6, 6.07) is 7.27. The number of hydrogen-bond acceptors (Lipinski definition) is 2. The predicted octanol–water partition coefficient (Wildman–Crippen LogP) is 1.66. The third-order valence-electron chi connectivity index (χ3n) is 3.72. The Kier molecular flexibility index (Phi) is 3.88. The highest BCUT2D eigenvalue weighted by atomic mass is 16.2. The molecular formula is C15H20N2O2. The molecule has 0 radical (unpaired) electrons. The summed E-state index contributed by atoms with van der Waals surface area (Å²) in [6.45, 7) is 3.99. The van der Waals surface area contributed by atoms with Crippen molar-refractivity contribution in [2.24, 2.45) is 0 Å². The first-order valence-electron chi connectivity index (χ1n) is 6.68. The fraction of sp³-hybridized carbons (Fsp3) is 0.467. The quantitative estimate of drug-likeness (QED) is 0.898. The van der Waals surface area contributed by atoms with Gasteiger partial charge in [-0.1, -0.05) is 31.2 Å². The number of fused-ring (bicyclic) bond motifs is 1. The standard InChI is InChI=1S/C15H20N2O2/c1-4-10(2)16-15(19)14-12-8-6-5-7-11(12)9-13(18)17(14)3/h5-8,10,14H,4,9H2,1-3H3,(H,16,19). The van der Waals surface area contributed by atoms with Gasteiger partial charge in [-0.3, -0.25) is 9.59 Å². The van der Waals surface area contributed by atoms with Crippen molar-refractivity contribution >= 4 is 11.8 Å². The average Bonchev–Trinajstić information content (AvgIpc) is 2.39. The SMILES string of the molecule is CCC(C)NC(=O)C1c2ccccc2CC(=O)N1C. The fourth-order valence-corrected chi connectivity index (χ4v) is 2.34. The van der Waals surface area contributed by atoms with Gasteiger partial charge in [0.15, 0.2) is 0 Å². The van der Waals surface area contributed by atoms with Crippen LogP contribution in [0.4, 0.5) is 0 Å². The van der Waals surface area contributed by atoms with Crippen molar-refractivity contribution in [1.29, 1.82) is 0 Å². The molecule has 2 atom stereocenters. The van der Waals surface area contributed by atoms with E-state index in [4.69, 9.17) is 0 Å². The minimum atomic E-state index is -0.508. The lowest BCUT2D eigenvalue weighted by molar-refractivity contribution is -0.140. The zero-order chi connectivity index (χ0) is 14.0. The van der Waals surface area contributed by atoms with E-state index in [9.17, 15) is 9.59 Å². The number of benzene rings is 1. The third kappa shape index (κ3) is 2.62. The molecule has 0 spiro atoms. The molecule has 19 heavy (non-hydrogen) atoms. The predicted molar refractivity (Wildman–Crippen MR) is 73.6 cm³/mol. The van der Waals surface area contributed by atoms with Crippen LogP contribution in [0.1, 0.15) is 37.4 Å². The van der Waals surface area contributed by atoms with Gasteiger partial charge >= 0.3 is 0 Å². The van der Waals surface area contributed by atoms with Crippen molar-refractivity contribution < 1.29 is 9.59 Å². The summed E-state index contributed by atoms with van der Waals surface area (Å²) in [6.07, 6.45) is 1.25. The van der Waals surface area contributed by atoms with Gasteiger partial charge in [0.05, 0.1) is 6.42 Å². The molecule has 2 amide bonds. The van der Waals surface area contributed by atoms with Gasteiger partial charge in [-0.25, -0.2) is 0 Å². The van der Waals surface area contributed by atoms with Crippen LogP contribution < -0.4 is 5.32 Å². The van der Waals surface area contributed by atoms with Gasteiger partial charge in [0.2, 0.25) is 11.8 Å². The zero-order valence-corrected chi connectivity index (χ0v) is 11.6. The van der Waals surface area contributed by atoms with Gasteiger partial charge in [-0.2, -0.15) is 0 Å². The van der Waals surface area contributed by atoms with Gasteiger partial charge in [0.1, 0.15) is 6.04 Å². The van der Waals surface area contributed by atoms with Crippen LogP contribution in [-0.2, 0) is 16.0 Å². The first-order chi connectivity index (χ1) is 9.04. The molecule has 1 aliphatic rings. The molecule has 0 aromatic heterocycles. The lowest BCUT2D eigenvalue weighted by Gasteiger charge is -2.34. The molecule has 1 aromatic rings. The third-order valence-corrected chi connectivity index (χ3v) is 3.72. The van der Waals surface area contributed by atoms with Crippen molar-refractivity contribution in [3.63, 3.8) is 0 Å². The van der Waals surface area contributed by atoms with Crippen LogP contribution in [0.15, 0.2) is 24.3 Å². The van der Waals surface area contributed by atoms with Crippen LogP contribution in [0.3, 0.4) is 0 Å². The van der Waals surface area contributed by atoms with Gasteiger partial charge in [0.25, 0.3) is 0 Å². The van der Waals surface area contributed by atoms with E-state index < -0.39 is 6.04 Å². The van der Waals surface area contributed by atoms with E-state index in [1.165, 1.54) is 0 Å². The van der Waals surface area contributed by atoms with Crippen molar-refractivity contribution in [3.8, 4) is 0 Å². The number of hydrogen-bond donors (Lipinski definition) is 1. The Morgan fingerprint density at radius 3 is 2.84 bits per heavy atom. The second kappa shape index (κ2) is 5.43. The first-order valence-corrected chi connectivity index (χ1v) is 6.68. The van der Waals surface area contributed by atoms with Gasteiger partial charge in [-0.05, 0) is 24.5 Å². The summed E-state index contributed by atoms with van der Waals surface area (Å²) in [5.74, 6) is -0.111. The summed E-state index contributed by atoms with van der Waals surface area (Å²) >= 11 is 0. The lowest BCUT2D eigenvalue weighted by atomic mass is 9.92. The number of likely N-dealkylation sites (N-methyl/N-ethyl adjacent to an activating group) is 1. The van der Waals surface area contributed by atoms with Gasteiger partial charge in [0, 0.05) is 13.1 Å². The average molecular weight is 260 g/mol. The van der Waals surface area contributed by atoms with Crippen LogP contribution in [0.2, 0.25) is 0 Å². The molecule has 2 unspecified atom stereocenters. The monoisotopic (exact) mass is 260 g/mol. The van der Waals surface area contributed by atoms with Gasteiger partial charge < -0.3 is 10.2 Å². The highest BCUT2D eigenvalue weighted by Gasteiger charge is 2.34. The summed E-state index contributed by atoms with van der Waals surface area (Å²) in [7, 11) is 1.69. The Bertz CT molecular complexity index is 499. The van der Waals surface area contributed by atoms with Crippen LogP contribution in [0, 0.1) is 0 Å². The number of nitrogens with zero attached hydrogens (tertiary/aromatic N) is 1. The summed E-state index contributed by atoms with van der Waals surface area (Å²) in [4.78, 5) is 25.9. The Morgan fingerprint density at radius 2 is 2.16 bits per heavy atom. The van der Waals surface area contributed by atoms with Crippen molar-refractivity contribution in [2.45, 2.75) is 38.8 Å². The molecule has 0 fully saturated rings. The highest BCUT2D eigenvalue weighted by molar-refractivity contribution is 5.92. The maximum absolute atomic E-state index is 12.4. The summed E-state index contributed by atoms with van der Waals surface area (Å²) in [5.41, 5.74) is 1.89. The molecule has 1 aromatic carbocycles. The smallest absolute Gasteiger partial charge is 0.247 e. The number of carbonyl (C=O) groups is 2. The van der Waals surface area contributed by atoms with Gasteiger partial charge in [-0.15, -0.1) is 0 Å². The van der Waals surface area contributed by atoms with Crippen molar-refractivity contribution in [2.75, 3.05) is 7.05 Å². The molecule has 0 saturated carbocycles. The lowest BCUT2D eigenvalue weighted by Crippen LogP contribution is -2.47. The Labute approximate surface area is 113 Å². The molecule has 4 nitrogen and oxygen atoms in total. The molecule has 0 saturated heterocycles. The number of amides is 2. The summed E-state index contributed by atoms with van der Waals surface area (Å²) < 4.78 is 0. The molecule has 0 bridgehead atoms. The second-order valence-corrected chi connectivity index (χ2v) is 5.10. The van der Waals surface area contributed by atoms with E-state index in [0.717, 1.165) is 17.5 Å². The number of rotatable bonds is 3. The van der Waals surface area contributed by atoms with Crippen LogP contribution in [-0.4, -0.2) is 29.8 Å². The molecule has 1 N–H and O–H groups in total.